The number of nitrogens with zero attached hydrogens (tertiary/aromatic N) is 4. The summed E-state index contributed by atoms with van der Waals surface area (Å²) < 4.78 is 7.13. The zero-order chi connectivity index (χ0) is 17.6. The van der Waals surface area contributed by atoms with E-state index in [1.165, 1.54) is 10.2 Å². The molecule has 3 aromatic rings. The summed E-state index contributed by atoms with van der Waals surface area (Å²) in [5, 5.41) is 5.22. The van der Waals surface area contributed by atoms with Gasteiger partial charge in [-0.3, -0.25) is 4.79 Å². The fourth-order valence-corrected chi connectivity index (χ4v) is 3.45. The van der Waals surface area contributed by atoms with E-state index in [-0.39, 0.29) is 11.9 Å². The summed E-state index contributed by atoms with van der Waals surface area (Å²) in [5.41, 5.74) is 8.31. The summed E-state index contributed by atoms with van der Waals surface area (Å²) in [6, 6.07) is 5.84. The predicted octanol–water partition coefficient (Wildman–Crippen LogP) is 2.68. The molecule has 7 nitrogen and oxygen atoms in total. The number of fused-ring (bicyclic) bond motifs is 1. The molecule has 1 aromatic carbocycles. The lowest BCUT2D eigenvalue weighted by molar-refractivity contribution is 0.0731. The highest BCUT2D eigenvalue weighted by atomic mass is 16.3. The molecule has 2 aromatic heterocycles. The molecule has 130 valence electrons. The van der Waals surface area contributed by atoms with E-state index in [4.69, 9.17) is 10.2 Å². The van der Waals surface area contributed by atoms with Crippen molar-refractivity contribution < 1.29 is 9.21 Å². The van der Waals surface area contributed by atoms with Gasteiger partial charge >= 0.3 is 0 Å². The molecule has 1 fully saturated rings. The molecule has 25 heavy (non-hydrogen) atoms. The number of hydrogen-bond donors (Lipinski definition) is 1. The molecule has 1 aliphatic rings. The molecule has 0 saturated carbocycles. The van der Waals surface area contributed by atoms with Crippen molar-refractivity contribution in [3.05, 3.63) is 41.4 Å². The normalized spacial score (nSPS) is 17.5. The van der Waals surface area contributed by atoms with E-state index in [1.54, 1.807) is 13.3 Å². The second-order valence-electron chi connectivity index (χ2n) is 6.44. The second kappa shape index (κ2) is 5.91. The first-order valence-electron chi connectivity index (χ1n) is 8.56. The molecular weight excluding hydrogens is 318 g/mol. The zero-order valence-electron chi connectivity index (χ0n) is 14.4. The van der Waals surface area contributed by atoms with Gasteiger partial charge < -0.3 is 15.1 Å². The number of aromatic nitrogens is 3. The van der Waals surface area contributed by atoms with Gasteiger partial charge in [0.15, 0.2) is 5.82 Å². The van der Waals surface area contributed by atoms with Gasteiger partial charge in [-0.05, 0) is 37.0 Å². The highest BCUT2D eigenvalue weighted by Gasteiger charge is 2.34. The lowest BCUT2D eigenvalue weighted by Crippen LogP contribution is -2.31. The van der Waals surface area contributed by atoms with Gasteiger partial charge in [0, 0.05) is 19.0 Å². The van der Waals surface area contributed by atoms with Crippen molar-refractivity contribution in [3.8, 4) is 0 Å². The van der Waals surface area contributed by atoms with E-state index in [0.29, 0.717) is 23.9 Å². The molecule has 1 aliphatic heterocycles. The van der Waals surface area contributed by atoms with Crippen LogP contribution in [-0.2, 0) is 13.5 Å². The van der Waals surface area contributed by atoms with Gasteiger partial charge in [0.05, 0.1) is 11.6 Å². The number of anilines is 1. The number of likely N-dealkylation sites (tertiary alicyclic amines) is 1. The van der Waals surface area contributed by atoms with E-state index in [9.17, 15) is 4.79 Å². The molecule has 3 heterocycles. The number of benzene rings is 1. The van der Waals surface area contributed by atoms with E-state index in [1.807, 2.05) is 23.1 Å². The van der Waals surface area contributed by atoms with Crippen molar-refractivity contribution in [2.45, 2.75) is 32.2 Å². The van der Waals surface area contributed by atoms with Crippen LogP contribution in [0.4, 0.5) is 5.95 Å². The number of carbonyl (C=O) groups excluding carboxylic acids is 1. The lowest BCUT2D eigenvalue weighted by Gasteiger charge is -2.22. The molecule has 7 heteroatoms. The number of hydrogen-bond acceptors (Lipinski definition) is 5. The largest absolute Gasteiger partial charge is 0.463 e. The number of nitrogen functional groups attached to an aromatic ring is 1. The van der Waals surface area contributed by atoms with Crippen LogP contribution < -0.4 is 5.73 Å². The average Bonchev–Trinajstić information content (AvgIpc) is 3.32. The van der Waals surface area contributed by atoms with E-state index < -0.39 is 0 Å². The van der Waals surface area contributed by atoms with Crippen LogP contribution in [0, 0.1) is 0 Å². The van der Waals surface area contributed by atoms with Gasteiger partial charge in [0.1, 0.15) is 11.8 Å². The Kier molecular flexibility index (Phi) is 3.71. The number of rotatable bonds is 3. The first-order chi connectivity index (χ1) is 12.1. The SMILES string of the molecule is CCc1ccc2occ(C(=O)N3CCC[C@@H]3c3nc(N)n(C)n3)c2c1. The monoisotopic (exact) mass is 339 g/mol. The van der Waals surface area contributed by atoms with Crippen molar-refractivity contribution in [2.75, 3.05) is 12.3 Å². The third kappa shape index (κ3) is 2.56. The van der Waals surface area contributed by atoms with Gasteiger partial charge in [-0.25, -0.2) is 4.68 Å². The summed E-state index contributed by atoms with van der Waals surface area (Å²) in [7, 11) is 1.75. The average molecular weight is 339 g/mol. The number of furan rings is 1. The molecule has 0 unspecified atom stereocenters. The van der Waals surface area contributed by atoms with Crippen LogP contribution in [-0.4, -0.2) is 32.1 Å². The summed E-state index contributed by atoms with van der Waals surface area (Å²) in [4.78, 5) is 19.3. The first-order valence-corrected chi connectivity index (χ1v) is 8.56. The molecule has 1 saturated heterocycles. The van der Waals surface area contributed by atoms with Crippen LogP contribution in [0.25, 0.3) is 11.0 Å². The Labute approximate surface area is 145 Å². The van der Waals surface area contributed by atoms with Crippen LogP contribution in [0.5, 0.6) is 0 Å². The molecule has 0 spiro atoms. The van der Waals surface area contributed by atoms with Crippen LogP contribution in [0.15, 0.2) is 28.9 Å². The lowest BCUT2D eigenvalue weighted by atomic mass is 10.1. The van der Waals surface area contributed by atoms with Crippen LogP contribution in [0.2, 0.25) is 0 Å². The van der Waals surface area contributed by atoms with E-state index in [2.05, 4.69) is 17.0 Å². The molecule has 0 aliphatic carbocycles. The van der Waals surface area contributed by atoms with Crippen LogP contribution in [0.3, 0.4) is 0 Å². The Bertz CT molecular complexity index is 923. The maximum atomic E-state index is 13.2. The van der Waals surface area contributed by atoms with Crippen molar-refractivity contribution in [2.24, 2.45) is 7.05 Å². The Morgan fingerprint density at radius 2 is 2.28 bits per heavy atom. The fourth-order valence-electron chi connectivity index (χ4n) is 3.45. The highest BCUT2D eigenvalue weighted by molar-refractivity contribution is 6.06. The molecule has 0 radical (unpaired) electrons. The minimum Gasteiger partial charge on any atom is -0.463 e. The Morgan fingerprint density at radius 1 is 1.44 bits per heavy atom. The molecule has 1 atom stereocenters. The van der Waals surface area contributed by atoms with Gasteiger partial charge in [0.25, 0.3) is 5.91 Å². The highest BCUT2D eigenvalue weighted by Crippen LogP contribution is 2.33. The fraction of sp³-hybridized carbons (Fsp3) is 0.389. The molecular formula is C18H21N5O2. The minimum atomic E-state index is -0.143. The third-order valence-electron chi connectivity index (χ3n) is 4.90. The van der Waals surface area contributed by atoms with E-state index in [0.717, 1.165) is 30.2 Å². The number of aryl methyl sites for hydroxylation is 2. The Hall–Kier alpha value is -2.83. The number of nitrogens with two attached hydrogens (primary N) is 1. The molecule has 1 amide bonds. The van der Waals surface area contributed by atoms with Gasteiger partial charge in [-0.2, -0.15) is 10.1 Å². The van der Waals surface area contributed by atoms with Crippen molar-refractivity contribution >= 4 is 22.8 Å². The summed E-state index contributed by atoms with van der Waals surface area (Å²) in [6.45, 7) is 2.78. The van der Waals surface area contributed by atoms with Crippen molar-refractivity contribution in [1.82, 2.24) is 19.7 Å². The molecule has 0 bridgehead atoms. The van der Waals surface area contributed by atoms with Gasteiger partial charge in [-0.1, -0.05) is 13.0 Å². The quantitative estimate of drug-likeness (QED) is 0.792. The molecule has 2 N–H and O–H groups in total. The molecule has 4 rings (SSSR count). The predicted molar refractivity (Wildman–Crippen MR) is 94.0 cm³/mol. The maximum absolute atomic E-state index is 13.2. The van der Waals surface area contributed by atoms with Crippen LogP contribution >= 0.6 is 0 Å². The summed E-state index contributed by atoms with van der Waals surface area (Å²) in [6.07, 6.45) is 4.23. The maximum Gasteiger partial charge on any atom is 0.258 e. The number of carbonyl (C=O) groups is 1. The summed E-state index contributed by atoms with van der Waals surface area (Å²) in [5.74, 6) is 0.920. The van der Waals surface area contributed by atoms with Gasteiger partial charge in [-0.15, -0.1) is 0 Å². The second-order valence-corrected chi connectivity index (χ2v) is 6.44. The Balaban J connectivity index is 1.70. The smallest absolute Gasteiger partial charge is 0.258 e. The van der Waals surface area contributed by atoms with E-state index >= 15 is 0 Å². The minimum absolute atomic E-state index is 0.0412. The zero-order valence-corrected chi connectivity index (χ0v) is 14.4. The van der Waals surface area contributed by atoms with Crippen LogP contribution in [0.1, 0.15) is 47.6 Å². The van der Waals surface area contributed by atoms with Crippen molar-refractivity contribution in [1.29, 1.82) is 0 Å². The number of amides is 1. The summed E-state index contributed by atoms with van der Waals surface area (Å²) >= 11 is 0. The van der Waals surface area contributed by atoms with Gasteiger partial charge in [0.2, 0.25) is 5.95 Å². The van der Waals surface area contributed by atoms with Crippen molar-refractivity contribution in [3.63, 3.8) is 0 Å². The Morgan fingerprint density at radius 3 is 3.00 bits per heavy atom. The first kappa shape index (κ1) is 15.7. The topological polar surface area (TPSA) is 90.2 Å². The standard InChI is InChI=1S/C18H21N5O2/c1-3-11-6-7-15-12(9-11)13(10-25-15)17(24)23-8-4-5-14(23)16-20-18(19)22(2)21-16/h6-7,9-10,14H,3-5,8H2,1-2H3,(H2,19,20,21)/t14-/m1/s1. The third-order valence-corrected chi connectivity index (χ3v) is 4.90.